The smallest absolute Gasteiger partial charge is 0.248 e. The van der Waals surface area contributed by atoms with Crippen LogP contribution in [-0.4, -0.2) is 25.6 Å². The van der Waals surface area contributed by atoms with Crippen molar-refractivity contribution < 1.29 is 9.53 Å². The molecule has 0 atom stereocenters. The minimum atomic E-state index is -0.431. The highest BCUT2D eigenvalue weighted by Crippen LogP contribution is 2.34. The van der Waals surface area contributed by atoms with E-state index in [9.17, 15) is 4.79 Å². The molecule has 1 aliphatic rings. The first-order chi connectivity index (χ1) is 8.60. The molecule has 1 saturated carbocycles. The molecule has 98 valence electrons. The Bertz CT molecular complexity index is 445. The minimum absolute atomic E-state index is 0.277. The number of nitrogens with two attached hydrogens (primary N) is 1. The zero-order chi connectivity index (χ0) is 13.1. The molecular formula is C13H17BrN2O2. The zero-order valence-electron chi connectivity index (χ0n) is 10.3. The van der Waals surface area contributed by atoms with Crippen molar-refractivity contribution in [3.63, 3.8) is 0 Å². The Morgan fingerprint density at radius 2 is 2.28 bits per heavy atom. The van der Waals surface area contributed by atoms with Gasteiger partial charge in [0.25, 0.3) is 0 Å². The fourth-order valence-corrected chi connectivity index (χ4v) is 2.63. The fourth-order valence-electron chi connectivity index (χ4n) is 2.16. The van der Waals surface area contributed by atoms with Gasteiger partial charge < -0.3 is 15.8 Å². The molecule has 1 amide bonds. The van der Waals surface area contributed by atoms with Gasteiger partial charge in [0.1, 0.15) is 5.75 Å². The van der Waals surface area contributed by atoms with E-state index >= 15 is 0 Å². The van der Waals surface area contributed by atoms with E-state index in [2.05, 4.69) is 21.2 Å². The summed E-state index contributed by atoms with van der Waals surface area (Å²) in [5, 5.41) is 3.17. The third kappa shape index (κ3) is 3.03. The zero-order valence-corrected chi connectivity index (χ0v) is 11.9. The summed E-state index contributed by atoms with van der Waals surface area (Å²) in [6.45, 7) is 1.04. The Hall–Kier alpha value is -1.07. The van der Waals surface area contributed by atoms with Gasteiger partial charge in [0, 0.05) is 5.56 Å². The maximum absolute atomic E-state index is 11.0. The summed E-state index contributed by atoms with van der Waals surface area (Å²) >= 11 is 3.40. The van der Waals surface area contributed by atoms with Crippen molar-refractivity contribution in [3.8, 4) is 5.75 Å². The Labute approximate surface area is 115 Å². The Kier molecular flexibility index (Phi) is 4.24. The van der Waals surface area contributed by atoms with Crippen LogP contribution >= 0.6 is 15.9 Å². The second-order valence-corrected chi connectivity index (χ2v) is 5.50. The number of amides is 1. The van der Waals surface area contributed by atoms with E-state index in [1.54, 1.807) is 18.2 Å². The molecule has 1 aromatic carbocycles. The number of halogens is 1. The van der Waals surface area contributed by atoms with Gasteiger partial charge in [0.2, 0.25) is 5.91 Å². The molecule has 0 aliphatic heterocycles. The number of primary amides is 1. The number of rotatable bonds is 5. The Morgan fingerprint density at radius 3 is 2.83 bits per heavy atom. The molecule has 0 bridgehead atoms. The van der Waals surface area contributed by atoms with Gasteiger partial charge in [-0.05, 0) is 66.5 Å². The molecule has 2 rings (SSSR count). The van der Waals surface area contributed by atoms with Gasteiger partial charge in [-0.2, -0.15) is 0 Å². The quantitative estimate of drug-likeness (QED) is 0.873. The van der Waals surface area contributed by atoms with Crippen LogP contribution in [0.2, 0.25) is 0 Å². The number of hydrogen-bond donors (Lipinski definition) is 2. The fraction of sp³-hybridized carbons (Fsp3) is 0.462. The van der Waals surface area contributed by atoms with Gasteiger partial charge in [-0.15, -0.1) is 0 Å². The van der Waals surface area contributed by atoms with Crippen LogP contribution in [0.15, 0.2) is 22.7 Å². The SMILES string of the molecule is CNCC1CC(Oc2ccc(C(N)=O)cc2Br)C1. The molecule has 0 spiro atoms. The van der Waals surface area contributed by atoms with Gasteiger partial charge in [0.15, 0.2) is 0 Å². The average molecular weight is 313 g/mol. The van der Waals surface area contributed by atoms with E-state index in [0.717, 1.165) is 29.6 Å². The van der Waals surface area contributed by atoms with Crippen LogP contribution in [0.4, 0.5) is 0 Å². The van der Waals surface area contributed by atoms with Crippen molar-refractivity contribution in [2.75, 3.05) is 13.6 Å². The highest BCUT2D eigenvalue weighted by atomic mass is 79.9. The molecule has 0 aromatic heterocycles. The molecular weight excluding hydrogens is 296 g/mol. The van der Waals surface area contributed by atoms with Gasteiger partial charge in [-0.3, -0.25) is 4.79 Å². The summed E-state index contributed by atoms with van der Waals surface area (Å²) in [4.78, 5) is 11.0. The van der Waals surface area contributed by atoms with Gasteiger partial charge in [-0.1, -0.05) is 0 Å². The lowest BCUT2D eigenvalue weighted by Gasteiger charge is -2.35. The summed E-state index contributed by atoms with van der Waals surface area (Å²) in [6, 6.07) is 5.17. The second-order valence-electron chi connectivity index (χ2n) is 4.64. The first-order valence-corrected chi connectivity index (χ1v) is 6.80. The van der Waals surface area contributed by atoms with E-state index in [-0.39, 0.29) is 6.10 Å². The summed E-state index contributed by atoms with van der Waals surface area (Å²) in [6.07, 6.45) is 2.43. The van der Waals surface area contributed by atoms with Gasteiger partial charge in [-0.25, -0.2) is 0 Å². The third-order valence-corrected chi connectivity index (χ3v) is 3.81. The molecule has 0 unspecified atom stereocenters. The Morgan fingerprint density at radius 1 is 1.56 bits per heavy atom. The summed E-state index contributed by atoms with van der Waals surface area (Å²) in [5.41, 5.74) is 5.70. The lowest BCUT2D eigenvalue weighted by Crippen LogP contribution is -2.38. The molecule has 5 heteroatoms. The van der Waals surface area contributed by atoms with E-state index < -0.39 is 5.91 Å². The third-order valence-electron chi connectivity index (χ3n) is 3.20. The lowest BCUT2D eigenvalue weighted by atomic mass is 9.82. The number of carbonyl (C=O) groups is 1. The number of hydrogen-bond acceptors (Lipinski definition) is 3. The van der Waals surface area contributed by atoms with Crippen LogP contribution < -0.4 is 15.8 Å². The molecule has 4 nitrogen and oxygen atoms in total. The van der Waals surface area contributed by atoms with E-state index in [0.29, 0.717) is 11.5 Å². The summed E-state index contributed by atoms with van der Waals surface area (Å²) in [7, 11) is 1.97. The number of carbonyl (C=O) groups excluding carboxylic acids is 1. The van der Waals surface area contributed by atoms with Crippen molar-refractivity contribution >= 4 is 21.8 Å². The van der Waals surface area contributed by atoms with Gasteiger partial charge >= 0.3 is 0 Å². The first-order valence-electron chi connectivity index (χ1n) is 6.00. The van der Waals surface area contributed by atoms with Crippen LogP contribution in [0.1, 0.15) is 23.2 Å². The van der Waals surface area contributed by atoms with Crippen LogP contribution in [0.5, 0.6) is 5.75 Å². The monoisotopic (exact) mass is 312 g/mol. The van der Waals surface area contributed by atoms with Crippen LogP contribution in [0.3, 0.4) is 0 Å². The molecule has 3 N–H and O–H groups in total. The van der Waals surface area contributed by atoms with Crippen molar-refractivity contribution in [1.82, 2.24) is 5.32 Å². The standard InChI is InChI=1S/C13H17BrN2O2/c1-16-7-8-4-10(5-8)18-12-3-2-9(13(15)17)6-11(12)14/h2-3,6,8,10,16H,4-5,7H2,1H3,(H2,15,17). The first kappa shape index (κ1) is 13.4. The predicted molar refractivity (Wildman–Crippen MR) is 73.7 cm³/mol. The molecule has 0 heterocycles. The van der Waals surface area contributed by atoms with Crippen LogP contribution in [-0.2, 0) is 0 Å². The summed E-state index contributed by atoms with van der Waals surface area (Å²) < 4.78 is 6.64. The minimum Gasteiger partial charge on any atom is -0.489 e. The van der Waals surface area contributed by atoms with Crippen molar-refractivity contribution in [3.05, 3.63) is 28.2 Å². The molecule has 0 radical (unpaired) electrons. The van der Waals surface area contributed by atoms with Crippen molar-refractivity contribution in [2.45, 2.75) is 18.9 Å². The summed E-state index contributed by atoms with van der Waals surface area (Å²) in [5.74, 6) is 1.05. The molecule has 18 heavy (non-hydrogen) atoms. The maximum atomic E-state index is 11.0. The predicted octanol–water partition coefficient (Wildman–Crippen LogP) is 1.92. The molecule has 1 aliphatic carbocycles. The second kappa shape index (κ2) is 5.71. The average Bonchev–Trinajstić information content (AvgIpc) is 2.28. The van der Waals surface area contributed by atoms with E-state index in [1.807, 2.05) is 7.05 Å². The van der Waals surface area contributed by atoms with E-state index in [4.69, 9.17) is 10.5 Å². The largest absolute Gasteiger partial charge is 0.489 e. The van der Waals surface area contributed by atoms with Gasteiger partial charge in [0.05, 0.1) is 10.6 Å². The highest BCUT2D eigenvalue weighted by Gasteiger charge is 2.30. The molecule has 0 saturated heterocycles. The van der Waals surface area contributed by atoms with Crippen LogP contribution in [0, 0.1) is 5.92 Å². The van der Waals surface area contributed by atoms with Crippen molar-refractivity contribution in [1.29, 1.82) is 0 Å². The lowest BCUT2D eigenvalue weighted by molar-refractivity contribution is 0.0651. The molecule has 1 fully saturated rings. The van der Waals surface area contributed by atoms with E-state index in [1.165, 1.54) is 0 Å². The van der Waals surface area contributed by atoms with Crippen LogP contribution in [0.25, 0.3) is 0 Å². The Balaban J connectivity index is 1.93. The number of ether oxygens (including phenoxy) is 1. The molecule has 1 aromatic rings. The topological polar surface area (TPSA) is 64.3 Å². The normalized spacial score (nSPS) is 22.3. The number of benzene rings is 1. The van der Waals surface area contributed by atoms with Crippen molar-refractivity contribution in [2.24, 2.45) is 11.7 Å². The number of nitrogens with one attached hydrogen (secondary N) is 1. The highest BCUT2D eigenvalue weighted by molar-refractivity contribution is 9.10. The maximum Gasteiger partial charge on any atom is 0.248 e.